The van der Waals surface area contributed by atoms with E-state index in [4.69, 9.17) is 0 Å². The van der Waals surface area contributed by atoms with Crippen molar-refractivity contribution in [3.8, 4) is 11.5 Å². The van der Waals surface area contributed by atoms with E-state index in [0.717, 1.165) is 37.7 Å². The number of carbonyl (C=O) groups excluding carboxylic acids is 1. The molecule has 0 aromatic heterocycles. The molecular weight excluding hydrogens is 478 g/mol. The fourth-order valence-corrected chi connectivity index (χ4v) is 9.89. The van der Waals surface area contributed by atoms with Gasteiger partial charge >= 0.3 is 0 Å². The lowest BCUT2D eigenvalue weighted by Crippen LogP contribution is -2.58. The molecule has 1 unspecified atom stereocenters. The third-order valence-corrected chi connectivity index (χ3v) is 12.0. The van der Waals surface area contributed by atoms with Crippen LogP contribution in [-0.4, -0.2) is 45.1 Å². The van der Waals surface area contributed by atoms with Crippen molar-refractivity contribution in [2.75, 3.05) is 6.54 Å². The number of benzene rings is 1. The maximum absolute atomic E-state index is 12.6. The Morgan fingerprint density at radius 3 is 2.50 bits per heavy atom. The van der Waals surface area contributed by atoms with E-state index in [1.165, 1.54) is 37.8 Å². The van der Waals surface area contributed by atoms with E-state index >= 15 is 0 Å². The fourth-order valence-electron chi connectivity index (χ4n) is 9.89. The number of nitrogens with one attached hydrogen (secondary N) is 1. The molecule has 38 heavy (non-hydrogen) atoms. The van der Waals surface area contributed by atoms with Gasteiger partial charge in [0.05, 0.1) is 12.2 Å². The Labute approximate surface area is 228 Å². The molecule has 4 fully saturated rings. The molecule has 4 saturated carbocycles. The van der Waals surface area contributed by atoms with Crippen LogP contribution in [0.25, 0.3) is 0 Å². The minimum absolute atomic E-state index is 0.0735. The topological polar surface area (TPSA) is 110 Å². The van der Waals surface area contributed by atoms with Gasteiger partial charge in [0.25, 0.3) is 0 Å². The van der Waals surface area contributed by atoms with Gasteiger partial charge in [0.1, 0.15) is 0 Å². The normalized spacial score (nSPS) is 41.0. The zero-order valence-electron chi connectivity index (χ0n) is 23.5. The lowest BCUT2D eigenvalue weighted by atomic mass is 9.43. The van der Waals surface area contributed by atoms with Crippen molar-refractivity contribution in [1.29, 1.82) is 0 Å². The maximum atomic E-state index is 12.6. The van der Waals surface area contributed by atoms with Gasteiger partial charge in [-0.15, -0.1) is 0 Å². The Morgan fingerprint density at radius 1 is 1.00 bits per heavy atom. The van der Waals surface area contributed by atoms with Crippen LogP contribution in [0.4, 0.5) is 0 Å². The van der Waals surface area contributed by atoms with Crippen LogP contribution in [0.5, 0.6) is 11.5 Å². The molecule has 0 radical (unpaired) electrons. The summed E-state index contributed by atoms with van der Waals surface area (Å²) in [7, 11) is 0. The summed E-state index contributed by atoms with van der Waals surface area (Å²) in [5.74, 6) is 2.82. The number of hydrogen-bond donors (Lipinski definition) is 5. The first-order chi connectivity index (χ1) is 18.0. The van der Waals surface area contributed by atoms with Gasteiger partial charge in [0.15, 0.2) is 11.5 Å². The second-order valence-electron chi connectivity index (χ2n) is 13.9. The van der Waals surface area contributed by atoms with E-state index in [9.17, 15) is 25.2 Å². The number of aliphatic hydroxyl groups excluding tert-OH is 2. The predicted molar refractivity (Wildman–Crippen MR) is 147 cm³/mol. The molecule has 212 valence electrons. The summed E-state index contributed by atoms with van der Waals surface area (Å²) in [5.41, 5.74) is 1.37. The van der Waals surface area contributed by atoms with Crippen molar-refractivity contribution in [3.63, 3.8) is 0 Å². The highest BCUT2D eigenvalue weighted by Crippen LogP contribution is 2.68. The van der Waals surface area contributed by atoms with E-state index in [1.807, 2.05) is 0 Å². The van der Waals surface area contributed by atoms with Gasteiger partial charge in [-0.05, 0) is 128 Å². The van der Waals surface area contributed by atoms with Gasteiger partial charge in [-0.1, -0.05) is 26.8 Å². The summed E-state index contributed by atoms with van der Waals surface area (Å²) < 4.78 is 0. The minimum atomic E-state index is -0.247. The number of hydrogen-bond acceptors (Lipinski definition) is 5. The molecule has 1 aromatic rings. The molecule has 5 N–H and O–H groups in total. The zero-order chi connectivity index (χ0) is 27.2. The second-order valence-corrected chi connectivity index (χ2v) is 13.9. The predicted octanol–water partition coefficient (Wildman–Crippen LogP) is 5.16. The number of rotatable bonds is 7. The Balaban J connectivity index is 1.15. The lowest BCUT2D eigenvalue weighted by molar-refractivity contribution is -0.174. The summed E-state index contributed by atoms with van der Waals surface area (Å²) in [4.78, 5) is 12.6. The van der Waals surface area contributed by atoms with E-state index in [2.05, 4.69) is 26.1 Å². The van der Waals surface area contributed by atoms with Crippen LogP contribution >= 0.6 is 0 Å². The third kappa shape index (κ3) is 4.96. The van der Waals surface area contributed by atoms with Crippen LogP contribution in [0.1, 0.15) is 90.5 Å². The first-order valence-electron chi connectivity index (χ1n) is 15.2. The van der Waals surface area contributed by atoms with E-state index < -0.39 is 0 Å². The Morgan fingerprint density at radius 2 is 1.74 bits per heavy atom. The number of fused-ring (bicyclic) bond motifs is 5. The average Bonchev–Trinajstić information content (AvgIpc) is 3.23. The molecule has 6 nitrogen and oxygen atoms in total. The number of phenolic OH excluding ortho intramolecular Hbond substituents is 2. The van der Waals surface area contributed by atoms with Crippen LogP contribution < -0.4 is 5.32 Å². The highest BCUT2D eigenvalue weighted by Gasteiger charge is 2.62. The summed E-state index contributed by atoms with van der Waals surface area (Å²) in [6.07, 6.45) is 10.1. The van der Waals surface area contributed by atoms with Crippen LogP contribution in [-0.2, 0) is 11.2 Å². The molecule has 4 aliphatic carbocycles. The summed E-state index contributed by atoms with van der Waals surface area (Å²) in [6.45, 7) is 7.79. The molecule has 10 atom stereocenters. The van der Waals surface area contributed by atoms with E-state index in [0.29, 0.717) is 54.9 Å². The number of aromatic hydroxyl groups is 2. The molecule has 6 heteroatoms. The molecule has 0 heterocycles. The number of aliphatic hydroxyl groups is 2. The SMILES string of the molecule is C[C@H](CCC(=O)NCCc1ccc(O)c(O)c1)C1CC[C@H]2[C@@H]3[C@@H](O)C[C@@H]4C[C@H](O)CC[C@]4(C)[C@H]3CC[C@]12C. The Hall–Kier alpha value is -1.79. The summed E-state index contributed by atoms with van der Waals surface area (Å²) >= 11 is 0. The van der Waals surface area contributed by atoms with E-state index in [-0.39, 0.29) is 40.4 Å². The summed E-state index contributed by atoms with van der Waals surface area (Å²) in [5, 5.41) is 43.9. The van der Waals surface area contributed by atoms with Crippen molar-refractivity contribution >= 4 is 5.91 Å². The van der Waals surface area contributed by atoms with Gasteiger partial charge < -0.3 is 25.7 Å². The van der Waals surface area contributed by atoms with Crippen molar-refractivity contribution < 1.29 is 25.2 Å². The van der Waals surface area contributed by atoms with Crippen molar-refractivity contribution in [2.45, 2.75) is 104 Å². The summed E-state index contributed by atoms with van der Waals surface area (Å²) in [6, 6.07) is 4.77. The van der Waals surface area contributed by atoms with Crippen LogP contribution in [0.15, 0.2) is 18.2 Å². The molecule has 0 aliphatic heterocycles. The standard InChI is InChI=1S/C32H49NO5/c1-19(4-9-29(38)33-15-12-20-5-8-26(35)27(36)16-20)23-6-7-24-30-25(11-14-32(23,24)3)31(2)13-10-22(34)17-21(31)18-28(30)37/h5,8,16,19,21-25,28,30,34-37H,4,6-7,9-15,17-18H2,1-3H3,(H,33,38)/t19-,21+,22-,23?,24+,25+,28+,30+,31+,32-/m1/s1. The van der Waals surface area contributed by atoms with Crippen LogP contribution in [0.2, 0.25) is 0 Å². The lowest BCUT2D eigenvalue weighted by Gasteiger charge is -2.62. The number of amides is 1. The smallest absolute Gasteiger partial charge is 0.220 e. The monoisotopic (exact) mass is 527 g/mol. The molecule has 0 saturated heterocycles. The molecule has 0 spiro atoms. The number of phenols is 2. The van der Waals surface area contributed by atoms with E-state index in [1.54, 1.807) is 6.07 Å². The first-order valence-corrected chi connectivity index (χ1v) is 15.2. The minimum Gasteiger partial charge on any atom is -0.504 e. The van der Waals surface area contributed by atoms with Crippen molar-refractivity contribution in [2.24, 2.45) is 46.3 Å². The van der Waals surface area contributed by atoms with Gasteiger partial charge in [-0.25, -0.2) is 0 Å². The van der Waals surface area contributed by atoms with Gasteiger partial charge in [-0.3, -0.25) is 4.79 Å². The molecule has 5 rings (SSSR count). The van der Waals surface area contributed by atoms with Gasteiger partial charge in [0.2, 0.25) is 5.91 Å². The zero-order valence-corrected chi connectivity index (χ0v) is 23.5. The Bertz CT molecular complexity index is 1010. The van der Waals surface area contributed by atoms with Gasteiger partial charge in [-0.2, -0.15) is 0 Å². The highest BCUT2D eigenvalue weighted by atomic mass is 16.3. The first kappa shape index (κ1) is 27.8. The largest absolute Gasteiger partial charge is 0.504 e. The molecule has 0 bridgehead atoms. The average molecular weight is 528 g/mol. The third-order valence-electron chi connectivity index (χ3n) is 12.0. The molecular formula is C32H49NO5. The van der Waals surface area contributed by atoms with Crippen LogP contribution in [0, 0.1) is 46.3 Å². The maximum Gasteiger partial charge on any atom is 0.220 e. The fraction of sp³-hybridized carbons (Fsp3) is 0.781. The van der Waals surface area contributed by atoms with Crippen molar-refractivity contribution in [3.05, 3.63) is 23.8 Å². The molecule has 1 aromatic carbocycles. The highest BCUT2D eigenvalue weighted by molar-refractivity contribution is 5.75. The quantitative estimate of drug-likeness (QED) is 0.315. The van der Waals surface area contributed by atoms with Gasteiger partial charge in [0, 0.05) is 13.0 Å². The second kappa shape index (κ2) is 10.6. The molecule has 1 amide bonds. The Kier molecular flexibility index (Phi) is 7.78. The van der Waals surface area contributed by atoms with Crippen molar-refractivity contribution in [1.82, 2.24) is 5.32 Å². The van der Waals surface area contributed by atoms with Crippen LogP contribution in [0.3, 0.4) is 0 Å². The number of carbonyl (C=O) groups is 1. The molecule has 4 aliphatic rings.